The Labute approximate surface area is 133 Å². The highest BCUT2D eigenvalue weighted by Crippen LogP contribution is 2.26. The van der Waals surface area contributed by atoms with Crippen molar-refractivity contribution in [3.8, 4) is 0 Å². The number of carbonyl (C=O) groups excluding carboxylic acids is 1. The van der Waals surface area contributed by atoms with Crippen LogP contribution in [0.2, 0.25) is 0 Å². The molecule has 22 heavy (non-hydrogen) atoms. The van der Waals surface area contributed by atoms with Gasteiger partial charge in [-0.25, -0.2) is 4.98 Å². The lowest BCUT2D eigenvalue weighted by Gasteiger charge is -2.18. The second-order valence-corrected chi connectivity index (χ2v) is 5.98. The first-order chi connectivity index (χ1) is 10.7. The SMILES string of the molecule is Cc1cccc(C(=O)NC(c2ccccc2)c2cccs2)n1. The maximum Gasteiger partial charge on any atom is 0.270 e. The molecule has 1 atom stereocenters. The minimum atomic E-state index is -0.161. The van der Waals surface area contributed by atoms with E-state index in [-0.39, 0.29) is 11.9 Å². The molecule has 0 aliphatic heterocycles. The van der Waals surface area contributed by atoms with Crippen molar-refractivity contribution in [1.82, 2.24) is 10.3 Å². The molecule has 0 radical (unpaired) electrons. The lowest BCUT2D eigenvalue weighted by Crippen LogP contribution is -2.29. The molecule has 110 valence electrons. The lowest BCUT2D eigenvalue weighted by molar-refractivity contribution is 0.0938. The number of nitrogens with zero attached hydrogens (tertiary/aromatic N) is 1. The molecule has 0 bridgehead atoms. The molecule has 1 amide bonds. The van der Waals surface area contributed by atoms with Crippen LogP contribution in [-0.2, 0) is 0 Å². The molecule has 0 aliphatic rings. The first-order valence-corrected chi connectivity index (χ1v) is 7.95. The number of pyridine rings is 1. The number of thiophene rings is 1. The average Bonchev–Trinajstić information content (AvgIpc) is 3.07. The Hall–Kier alpha value is -2.46. The summed E-state index contributed by atoms with van der Waals surface area (Å²) in [5.41, 5.74) is 2.34. The standard InChI is InChI=1S/C18H16N2OS/c1-13-7-5-10-15(19-13)18(21)20-17(16-11-6-12-22-16)14-8-3-2-4-9-14/h2-12,17H,1H3,(H,20,21). The molecular weight excluding hydrogens is 292 g/mol. The number of carbonyl (C=O) groups is 1. The van der Waals surface area contributed by atoms with Gasteiger partial charge in [-0.15, -0.1) is 11.3 Å². The molecule has 3 nitrogen and oxygen atoms in total. The van der Waals surface area contributed by atoms with Crippen molar-refractivity contribution in [2.45, 2.75) is 13.0 Å². The zero-order chi connectivity index (χ0) is 15.4. The molecule has 1 unspecified atom stereocenters. The third kappa shape index (κ3) is 3.23. The Morgan fingerprint density at radius 1 is 1.05 bits per heavy atom. The molecular formula is C18H16N2OS. The van der Waals surface area contributed by atoms with Gasteiger partial charge in [0.2, 0.25) is 0 Å². The molecule has 0 saturated carbocycles. The number of amides is 1. The molecule has 3 rings (SSSR count). The van der Waals surface area contributed by atoms with Gasteiger partial charge >= 0.3 is 0 Å². The van der Waals surface area contributed by atoms with Crippen molar-refractivity contribution >= 4 is 17.2 Å². The summed E-state index contributed by atoms with van der Waals surface area (Å²) in [5, 5.41) is 5.10. The monoisotopic (exact) mass is 308 g/mol. The smallest absolute Gasteiger partial charge is 0.270 e. The Balaban J connectivity index is 1.89. The van der Waals surface area contributed by atoms with E-state index in [1.807, 2.05) is 66.9 Å². The predicted molar refractivity (Wildman–Crippen MR) is 89.0 cm³/mol. The molecule has 0 aliphatic carbocycles. The normalized spacial score (nSPS) is 11.9. The van der Waals surface area contributed by atoms with Crippen LogP contribution in [0.15, 0.2) is 66.0 Å². The summed E-state index contributed by atoms with van der Waals surface area (Å²) < 4.78 is 0. The lowest BCUT2D eigenvalue weighted by atomic mass is 10.1. The molecule has 1 N–H and O–H groups in total. The van der Waals surface area contributed by atoms with Crippen molar-refractivity contribution in [1.29, 1.82) is 0 Å². The minimum Gasteiger partial charge on any atom is -0.339 e. The molecule has 0 saturated heterocycles. The van der Waals surface area contributed by atoms with E-state index < -0.39 is 0 Å². The summed E-state index contributed by atoms with van der Waals surface area (Å²) in [5.74, 6) is -0.161. The highest BCUT2D eigenvalue weighted by Gasteiger charge is 2.19. The number of aryl methyl sites for hydroxylation is 1. The van der Waals surface area contributed by atoms with Gasteiger partial charge < -0.3 is 5.32 Å². The first kappa shape index (κ1) is 14.5. The molecule has 3 aromatic rings. The topological polar surface area (TPSA) is 42.0 Å². The van der Waals surface area contributed by atoms with Gasteiger partial charge in [-0.3, -0.25) is 4.79 Å². The fraction of sp³-hybridized carbons (Fsp3) is 0.111. The third-order valence-corrected chi connectivity index (χ3v) is 4.29. The molecule has 2 heterocycles. The van der Waals surface area contributed by atoms with E-state index in [1.165, 1.54) is 0 Å². The van der Waals surface area contributed by atoms with Crippen LogP contribution < -0.4 is 5.32 Å². The van der Waals surface area contributed by atoms with E-state index >= 15 is 0 Å². The van der Waals surface area contributed by atoms with Crippen molar-refractivity contribution in [2.24, 2.45) is 0 Å². The quantitative estimate of drug-likeness (QED) is 0.792. The van der Waals surface area contributed by atoms with Crippen LogP contribution >= 0.6 is 11.3 Å². The van der Waals surface area contributed by atoms with E-state index in [1.54, 1.807) is 17.4 Å². The molecule has 4 heteroatoms. The zero-order valence-corrected chi connectivity index (χ0v) is 13.0. The van der Waals surface area contributed by atoms with Crippen LogP contribution in [-0.4, -0.2) is 10.9 Å². The Kier molecular flexibility index (Phi) is 4.30. The summed E-state index contributed by atoms with van der Waals surface area (Å²) >= 11 is 1.63. The molecule has 0 spiro atoms. The number of aromatic nitrogens is 1. The van der Waals surface area contributed by atoms with E-state index in [0.29, 0.717) is 5.69 Å². The van der Waals surface area contributed by atoms with Gasteiger partial charge in [-0.2, -0.15) is 0 Å². The van der Waals surface area contributed by atoms with Crippen LogP contribution in [0, 0.1) is 6.92 Å². The van der Waals surface area contributed by atoms with Gasteiger partial charge in [0.25, 0.3) is 5.91 Å². The maximum absolute atomic E-state index is 12.5. The van der Waals surface area contributed by atoms with E-state index in [0.717, 1.165) is 16.1 Å². The average molecular weight is 308 g/mol. The van der Waals surface area contributed by atoms with Gasteiger partial charge in [0, 0.05) is 10.6 Å². The summed E-state index contributed by atoms with van der Waals surface area (Å²) in [6.45, 7) is 1.88. The van der Waals surface area contributed by atoms with Crippen molar-refractivity contribution in [3.05, 3.63) is 87.9 Å². The highest BCUT2D eigenvalue weighted by molar-refractivity contribution is 7.10. The van der Waals surface area contributed by atoms with E-state index in [9.17, 15) is 4.79 Å². The number of rotatable bonds is 4. The van der Waals surface area contributed by atoms with Crippen LogP contribution in [0.25, 0.3) is 0 Å². The third-order valence-electron chi connectivity index (χ3n) is 3.36. The van der Waals surface area contributed by atoms with Gasteiger partial charge in [-0.1, -0.05) is 42.5 Å². The molecule has 2 aromatic heterocycles. The Morgan fingerprint density at radius 3 is 2.55 bits per heavy atom. The fourth-order valence-corrected chi connectivity index (χ4v) is 3.10. The van der Waals surface area contributed by atoms with Crippen LogP contribution in [0.1, 0.15) is 32.7 Å². The van der Waals surface area contributed by atoms with Crippen molar-refractivity contribution < 1.29 is 4.79 Å². The van der Waals surface area contributed by atoms with Crippen molar-refractivity contribution in [2.75, 3.05) is 0 Å². The number of hydrogen-bond acceptors (Lipinski definition) is 3. The summed E-state index contributed by atoms with van der Waals surface area (Å²) in [7, 11) is 0. The summed E-state index contributed by atoms with van der Waals surface area (Å²) in [6, 6.07) is 19.3. The second kappa shape index (κ2) is 6.54. The van der Waals surface area contributed by atoms with Crippen LogP contribution in [0.3, 0.4) is 0 Å². The first-order valence-electron chi connectivity index (χ1n) is 7.07. The zero-order valence-electron chi connectivity index (χ0n) is 12.2. The van der Waals surface area contributed by atoms with Gasteiger partial charge in [0.05, 0.1) is 6.04 Å². The predicted octanol–water partition coefficient (Wildman–Crippen LogP) is 3.97. The Bertz CT molecular complexity index is 754. The van der Waals surface area contributed by atoms with Crippen LogP contribution in [0.5, 0.6) is 0 Å². The fourth-order valence-electron chi connectivity index (χ4n) is 2.29. The van der Waals surface area contributed by atoms with Gasteiger partial charge in [0.15, 0.2) is 0 Å². The maximum atomic E-state index is 12.5. The summed E-state index contributed by atoms with van der Waals surface area (Å²) in [4.78, 5) is 17.9. The van der Waals surface area contributed by atoms with Crippen molar-refractivity contribution in [3.63, 3.8) is 0 Å². The van der Waals surface area contributed by atoms with Crippen LogP contribution in [0.4, 0.5) is 0 Å². The number of benzene rings is 1. The molecule has 0 fully saturated rings. The number of hydrogen-bond donors (Lipinski definition) is 1. The Morgan fingerprint density at radius 2 is 1.86 bits per heavy atom. The van der Waals surface area contributed by atoms with Gasteiger partial charge in [0.1, 0.15) is 5.69 Å². The summed E-state index contributed by atoms with van der Waals surface area (Å²) in [6.07, 6.45) is 0. The van der Waals surface area contributed by atoms with E-state index in [2.05, 4.69) is 10.3 Å². The minimum absolute atomic E-state index is 0.156. The van der Waals surface area contributed by atoms with E-state index in [4.69, 9.17) is 0 Å². The number of nitrogens with one attached hydrogen (secondary N) is 1. The van der Waals surface area contributed by atoms with Gasteiger partial charge in [-0.05, 0) is 36.1 Å². The largest absolute Gasteiger partial charge is 0.339 e. The molecule has 1 aromatic carbocycles. The second-order valence-electron chi connectivity index (χ2n) is 5.00. The highest BCUT2D eigenvalue weighted by atomic mass is 32.1.